The van der Waals surface area contributed by atoms with Gasteiger partial charge in [-0.05, 0) is 48.2 Å². The number of rotatable bonds is 1. The van der Waals surface area contributed by atoms with Crippen molar-refractivity contribution >= 4 is 17.3 Å². The fourth-order valence-electron chi connectivity index (χ4n) is 1.95. The molecule has 0 heterocycles. The summed E-state index contributed by atoms with van der Waals surface area (Å²) in [5, 5.41) is 0.611. The third-order valence-electron chi connectivity index (χ3n) is 2.77. The molecule has 0 aliphatic carbocycles. The number of halogens is 1. The lowest BCUT2D eigenvalue weighted by Crippen LogP contribution is -1.90. The van der Waals surface area contributed by atoms with Gasteiger partial charge in [0, 0.05) is 0 Å². The maximum absolute atomic E-state index is 6.04. The van der Waals surface area contributed by atoms with Crippen LogP contribution in [0, 0.1) is 13.8 Å². The lowest BCUT2D eigenvalue weighted by molar-refractivity contribution is 1.38. The number of aryl methyl sites for hydroxylation is 2. The summed E-state index contributed by atoms with van der Waals surface area (Å²) in [7, 11) is 0. The molecule has 2 aromatic rings. The van der Waals surface area contributed by atoms with Gasteiger partial charge in [0.15, 0.2) is 0 Å². The van der Waals surface area contributed by atoms with Crippen LogP contribution in [-0.2, 0) is 0 Å². The lowest BCUT2D eigenvalue weighted by Gasteiger charge is -2.10. The second kappa shape index (κ2) is 4.18. The van der Waals surface area contributed by atoms with Crippen molar-refractivity contribution in [3.63, 3.8) is 0 Å². The van der Waals surface area contributed by atoms with Crippen molar-refractivity contribution in [2.24, 2.45) is 0 Å². The first kappa shape index (κ1) is 11.0. The zero-order chi connectivity index (χ0) is 11.7. The van der Waals surface area contributed by atoms with E-state index in [9.17, 15) is 0 Å². The number of nitrogens with two attached hydrogens (primary N) is 1. The standard InChI is InChI=1S/C14H14ClN/c1-9-4-3-5-10(2)14(9)11-6-7-13(16)12(15)8-11/h3-8H,16H2,1-2H3. The molecule has 2 N–H and O–H groups in total. The van der Waals surface area contributed by atoms with Crippen LogP contribution in [-0.4, -0.2) is 0 Å². The van der Waals surface area contributed by atoms with Gasteiger partial charge in [-0.15, -0.1) is 0 Å². The Morgan fingerprint density at radius 3 is 2.19 bits per heavy atom. The van der Waals surface area contributed by atoms with Gasteiger partial charge < -0.3 is 5.73 Å². The molecule has 2 heteroatoms. The van der Waals surface area contributed by atoms with Crippen molar-refractivity contribution in [3.8, 4) is 11.1 Å². The van der Waals surface area contributed by atoms with E-state index < -0.39 is 0 Å². The van der Waals surface area contributed by atoms with Crippen LogP contribution in [0.5, 0.6) is 0 Å². The maximum Gasteiger partial charge on any atom is 0.0641 e. The molecule has 16 heavy (non-hydrogen) atoms. The Bertz CT molecular complexity index is 512. The van der Waals surface area contributed by atoms with E-state index in [-0.39, 0.29) is 0 Å². The molecule has 0 aromatic heterocycles. The van der Waals surface area contributed by atoms with Crippen molar-refractivity contribution in [2.75, 3.05) is 5.73 Å². The van der Waals surface area contributed by atoms with Gasteiger partial charge >= 0.3 is 0 Å². The zero-order valence-corrected chi connectivity index (χ0v) is 10.2. The van der Waals surface area contributed by atoms with Crippen LogP contribution in [0.25, 0.3) is 11.1 Å². The number of hydrogen-bond donors (Lipinski definition) is 1. The Balaban J connectivity index is 2.63. The normalized spacial score (nSPS) is 10.4. The molecular weight excluding hydrogens is 218 g/mol. The summed E-state index contributed by atoms with van der Waals surface area (Å²) >= 11 is 6.04. The highest BCUT2D eigenvalue weighted by Gasteiger charge is 2.06. The minimum absolute atomic E-state index is 0.611. The first-order valence-electron chi connectivity index (χ1n) is 5.21. The van der Waals surface area contributed by atoms with E-state index in [2.05, 4.69) is 32.0 Å². The molecule has 1 nitrogen and oxygen atoms in total. The number of hydrogen-bond acceptors (Lipinski definition) is 1. The summed E-state index contributed by atoms with van der Waals surface area (Å²) in [5.74, 6) is 0. The highest BCUT2D eigenvalue weighted by Crippen LogP contribution is 2.31. The van der Waals surface area contributed by atoms with Crippen LogP contribution in [0.1, 0.15) is 11.1 Å². The Hall–Kier alpha value is -1.47. The van der Waals surface area contributed by atoms with Crippen molar-refractivity contribution in [3.05, 3.63) is 52.5 Å². The lowest BCUT2D eigenvalue weighted by atomic mass is 9.96. The Labute approximate surface area is 101 Å². The zero-order valence-electron chi connectivity index (χ0n) is 9.42. The molecule has 0 bridgehead atoms. The third kappa shape index (κ3) is 1.91. The molecule has 2 rings (SSSR count). The van der Waals surface area contributed by atoms with Gasteiger partial charge in [0.1, 0.15) is 0 Å². The highest BCUT2D eigenvalue weighted by molar-refractivity contribution is 6.33. The van der Waals surface area contributed by atoms with Gasteiger partial charge in [0.2, 0.25) is 0 Å². The van der Waals surface area contributed by atoms with Gasteiger partial charge in [-0.1, -0.05) is 35.9 Å². The largest absolute Gasteiger partial charge is 0.398 e. The quantitative estimate of drug-likeness (QED) is 0.732. The van der Waals surface area contributed by atoms with Gasteiger partial charge in [-0.25, -0.2) is 0 Å². The molecule has 0 saturated heterocycles. The molecule has 0 fully saturated rings. The van der Waals surface area contributed by atoms with Crippen LogP contribution >= 0.6 is 11.6 Å². The monoisotopic (exact) mass is 231 g/mol. The molecule has 0 aliphatic rings. The Morgan fingerprint density at radius 2 is 1.62 bits per heavy atom. The van der Waals surface area contributed by atoms with E-state index >= 15 is 0 Å². The second-order valence-corrected chi connectivity index (χ2v) is 4.41. The van der Waals surface area contributed by atoms with Crippen LogP contribution in [0.3, 0.4) is 0 Å². The van der Waals surface area contributed by atoms with E-state index in [1.54, 1.807) is 0 Å². The van der Waals surface area contributed by atoms with Crippen LogP contribution in [0.4, 0.5) is 5.69 Å². The van der Waals surface area contributed by atoms with E-state index in [0.717, 1.165) is 5.56 Å². The molecule has 0 amide bonds. The molecule has 82 valence electrons. The summed E-state index contributed by atoms with van der Waals surface area (Å²) in [4.78, 5) is 0. The first-order valence-corrected chi connectivity index (χ1v) is 5.59. The average molecular weight is 232 g/mol. The topological polar surface area (TPSA) is 26.0 Å². The molecule has 0 radical (unpaired) electrons. The molecule has 0 atom stereocenters. The molecule has 0 spiro atoms. The van der Waals surface area contributed by atoms with Crippen LogP contribution in [0.2, 0.25) is 5.02 Å². The summed E-state index contributed by atoms with van der Waals surface area (Å²) in [5.41, 5.74) is 11.2. The van der Waals surface area contributed by atoms with Gasteiger partial charge in [-0.3, -0.25) is 0 Å². The minimum atomic E-state index is 0.611. The van der Waals surface area contributed by atoms with E-state index in [4.69, 9.17) is 17.3 Å². The van der Waals surface area contributed by atoms with Crippen molar-refractivity contribution in [2.45, 2.75) is 13.8 Å². The van der Waals surface area contributed by atoms with Crippen LogP contribution < -0.4 is 5.73 Å². The molecular formula is C14H14ClN. The fourth-order valence-corrected chi connectivity index (χ4v) is 2.13. The minimum Gasteiger partial charge on any atom is -0.398 e. The Morgan fingerprint density at radius 1 is 1.00 bits per heavy atom. The number of benzene rings is 2. The van der Waals surface area contributed by atoms with Gasteiger partial charge in [-0.2, -0.15) is 0 Å². The molecule has 0 aliphatic heterocycles. The third-order valence-corrected chi connectivity index (χ3v) is 3.10. The smallest absolute Gasteiger partial charge is 0.0641 e. The van der Waals surface area contributed by atoms with Gasteiger partial charge in [0.05, 0.1) is 10.7 Å². The summed E-state index contributed by atoms with van der Waals surface area (Å²) < 4.78 is 0. The molecule has 0 unspecified atom stereocenters. The average Bonchev–Trinajstić information content (AvgIpc) is 2.23. The predicted molar refractivity (Wildman–Crippen MR) is 70.8 cm³/mol. The summed E-state index contributed by atoms with van der Waals surface area (Å²) in [6.45, 7) is 4.21. The van der Waals surface area contributed by atoms with Crippen molar-refractivity contribution in [1.82, 2.24) is 0 Å². The van der Waals surface area contributed by atoms with Crippen molar-refractivity contribution in [1.29, 1.82) is 0 Å². The molecule has 0 saturated carbocycles. The second-order valence-electron chi connectivity index (χ2n) is 4.00. The number of nitrogen functional groups attached to an aromatic ring is 1. The van der Waals surface area contributed by atoms with E-state index in [1.165, 1.54) is 16.7 Å². The SMILES string of the molecule is Cc1cccc(C)c1-c1ccc(N)c(Cl)c1. The predicted octanol–water partition coefficient (Wildman–Crippen LogP) is 4.21. The van der Waals surface area contributed by atoms with E-state index in [1.807, 2.05) is 18.2 Å². The fraction of sp³-hybridized carbons (Fsp3) is 0.143. The summed E-state index contributed by atoms with van der Waals surface area (Å²) in [6.07, 6.45) is 0. The van der Waals surface area contributed by atoms with Gasteiger partial charge in [0.25, 0.3) is 0 Å². The van der Waals surface area contributed by atoms with E-state index in [0.29, 0.717) is 10.7 Å². The molecule has 2 aromatic carbocycles. The highest BCUT2D eigenvalue weighted by atomic mass is 35.5. The first-order chi connectivity index (χ1) is 7.59. The summed E-state index contributed by atoms with van der Waals surface area (Å²) in [6, 6.07) is 12.1. The number of anilines is 1. The Kier molecular flexibility index (Phi) is 2.88. The maximum atomic E-state index is 6.04. The van der Waals surface area contributed by atoms with Crippen LogP contribution in [0.15, 0.2) is 36.4 Å². The van der Waals surface area contributed by atoms with Crippen molar-refractivity contribution < 1.29 is 0 Å².